The summed E-state index contributed by atoms with van der Waals surface area (Å²) in [5.74, 6) is -45.2. The molecule has 6 aromatic rings. The van der Waals surface area contributed by atoms with E-state index in [-0.39, 0.29) is 0 Å². The first-order valence-corrected chi connectivity index (χ1v) is 25.4. The van der Waals surface area contributed by atoms with Gasteiger partial charge in [0.05, 0.1) is 71.5 Å². The summed E-state index contributed by atoms with van der Waals surface area (Å²) in [5.41, 5.74) is -19.0. The van der Waals surface area contributed by atoms with Crippen molar-refractivity contribution in [1.29, 1.82) is 0 Å². The highest BCUT2D eigenvalue weighted by atomic mass is 19.2. The average Bonchev–Trinajstić information content (AvgIpc) is 3.12. The van der Waals surface area contributed by atoms with Gasteiger partial charge >= 0.3 is 0 Å². The maximum absolute atomic E-state index is 16.8. The Morgan fingerprint density at radius 2 is 0.534 bits per heavy atom. The van der Waals surface area contributed by atoms with Crippen LogP contribution in [0.4, 0.5) is 70.2 Å². The number of H-pyrrole nitrogens is 2. The highest BCUT2D eigenvalue weighted by molar-refractivity contribution is 5.97. The normalized spacial score (nSPS) is 13.9. The van der Waals surface area contributed by atoms with Gasteiger partial charge < -0.3 is 69.8 Å². The molecule has 9 rings (SSSR count). The summed E-state index contributed by atoms with van der Waals surface area (Å²) in [6.07, 6.45) is -6.46. The summed E-state index contributed by atoms with van der Waals surface area (Å²) in [6, 6.07) is 1.39. The molecule has 16 nitrogen and oxygen atoms in total. The molecule has 468 valence electrons. The number of aromatic amines is 2. The molecule has 32 heteroatoms. The van der Waals surface area contributed by atoms with E-state index >= 15 is 70.2 Å². The number of aliphatic hydroxyl groups excluding tert-OH is 8. The average molecular weight is 1260 g/mol. The van der Waals surface area contributed by atoms with Crippen LogP contribution in [-0.2, 0) is 12.8 Å². The van der Waals surface area contributed by atoms with Crippen LogP contribution in [0.1, 0.15) is 34.2 Å². The Morgan fingerprint density at radius 3 is 0.761 bits per heavy atom. The Kier molecular flexibility index (Phi) is 18.7. The molecule has 0 radical (unpaired) electrons. The molecule has 4 atom stereocenters. The maximum Gasteiger partial charge on any atom is 0.204 e. The lowest BCUT2D eigenvalue weighted by Crippen LogP contribution is -2.22. The van der Waals surface area contributed by atoms with E-state index < -0.39 is 296 Å². The van der Waals surface area contributed by atoms with Crippen molar-refractivity contribution in [2.75, 3.05) is 52.9 Å². The summed E-state index contributed by atoms with van der Waals surface area (Å²) < 4.78 is 283. The largest absolute Gasteiger partial charge is 0.485 e. The summed E-state index contributed by atoms with van der Waals surface area (Å²) in [5, 5.41) is 76.0. The van der Waals surface area contributed by atoms with E-state index in [2.05, 4.69) is 19.9 Å². The van der Waals surface area contributed by atoms with E-state index in [4.69, 9.17) is 18.9 Å². The van der Waals surface area contributed by atoms with Crippen LogP contribution in [0.2, 0.25) is 0 Å². The summed E-state index contributed by atoms with van der Waals surface area (Å²) in [7, 11) is 0. The van der Waals surface area contributed by atoms with E-state index in [0.29, 0.717) is 36.4 Å². The second kappa shape index (κ2) is 25.7. The molecule has 0 fully saturated rings. The number of aryl methyl sites for hydroxylation is 2. The minimum atomic E-state index is -2.39. The van der Waals surface area contributed by atoms with Gasteiger partial charge in [0.1, 0.15) is 50.8 Å². The molecule has 88 heavy (non-hydrogen) atoms. The summed E-state index contributed by atoms with van der Waals surface area (Å²) in [4.78, 5) is 13.2. The number of hydrogen-bond acceptors (Lipinski definition) is 14. The molecule has 10 N–H and O–H groups in total. The summed E-state index contributed by atoms with van der Waals surface area (Å²) >= 11 is 0. The van der Waals surface area contributed by atoms with Gasteiger partial charge in [-0.15, -0.1) is 0 Å². The number of aromatic nitrogens is 4. The number of fused-ring (bicyclic) bond motifs is 8. The summed E-state index contributed by atoms with van der Waals surface area (Å²) in [6.45, 7) is -9.15. The number of aliphatic hydroxyl groups is 8. The van der Waals surface area contributed by atoms with Gasteiger partial charge in [-0.05, 0) is 49.3 Å². The van der Waals surface area contributed by atoms with Crippen LogP contribution in [0.25, 0.3) is 79.8 Å². The molecule has 3 aliphatic heterocycles. The van der Waals surface area contributed by atoms with E-state index in [1.807, 2.05) is 0 Å². The lowest BCUT2D eigenvalue weighted by molar-refractivity contribution is 0.0504. The van der Waals surface area contributed by atoms with Gasteiger partial charge in [-0.25, -0.2) is 45.1 Å². The first-order chi connectivity index (χ1) is 41.8. The van der Waals surface area contributed by atoms with Crippen molar-refractivity contribution in [2.24, 2.45) is 0 Å². The Balaban J connectivity index is 1.50. The molecule has 0 spiro atoms. The number of nitrogens with one attached hydrogen (secondary N) is 2. The first kappa shape index (κ1) is 64.0. The lowest BCUT2D eigenvalue weighted by atomic mass is 9.97. The number of nitrogens with zero attached hydrogens (tertiary/aromatic N) is 2. The van der Waals surface area contributed by atoms with Gasteiger partial charge in [0, 0.05) is 44.7 Å². The number of rotatable bonds is 20. The fraction of sp³-hybridized carbons (Fsp3) is 0.250. The standard InChI is InChI=1S/C56H40F16N4O12/c57-37-33(38(58)46(66)53(45(37)65)85-13-17(81)9-77)29-21-1-2-22(73-21)30(34-39(59)47(67)54(48(68)40(34)60)86-14-18(82)10-78)24-5-6-26(75-24)32(36-43(63)51(71)56(52(72)44(36)64)88-16-20(84)12-80)28-8-7-27(76-28)31(25-4-3-23(29)74-25)35-41(61)49(69)55(50(70)42(35)62)87-15-19(83)11-79/h1-6,17-20,73,76-84H,7-16H2. The van der Waals surface area contributed by atoms with Crippen LogP contribution in [0, 0.1) is 93.1 Å². The number of benzene rings is 4. The van der Waals surface area contributed by atoms with Gasteiger partial charge in [0.15, 0.2) is 69.5 Å². The molecule has 4 unspecified atom stereocenters. The van der Waals surface area contributed by atoms with Gasteiger partial charge in [0.25, 0.3) is 0 Å². The topological polar surface area (TPSA) is 256 Å². The zero-order valence-electron chi connectivity index (χ0n) is 44.0. The quantitative estimate of drug-likeness (QED) is 0.0257. The maximum atomic E-state index is 16.8. The van der Waals surface area contributed by atoms with Crippen molar-refractivity contribution in [3.63, 3.8) is 0 Å². The Hall–Kier alpha value is -8.50. The second-order valence-electron chi connectivity index (χ2n) is 19.2. The molecular formula is C56H40F16N4O12. The fourth-order valence-corrected chi connectivity index (χ4v) is 9.33. The molecule has 0 amide bonds. The Bertz CT molecular complexity index is 3720. The Morgan fingerprint density at radius 1 is 0.318 bits per heavy atom. The zero-order chi connectivity index (χ0) is 64.1. The highest BCUT2D eigenvalue weighted by Crippen LogP contribution is 2.47. The van der Waals surface area contributed by atoms with Crippen LogP contribution < -0.4 is 18.9 Å². The van der Waals surface area contributed by atoms with Crippen molar-refractivity contribution in [2.45, 2.75) is 37.3 Å². The Labute approximate surface area is 481 Å². The van der Waals surface area contributed by atoms with Crippen molar-refractivity contribution in [3.8, 4) is 67.5 Å². The third kappa shape index (κ3) is 11.4. The van der Waals surface area contributed by atoms with E-state index in [1.54, 1.807) is 0 Å². The van der Waals surface area contributed by atoms with Gasteiger partial charge in [-0.1, -0.05) is 0 Å². The number of ether oxygens (including phenoxy) is 4. The smallest absolute Gasteiger partial charge is 0.204 e. The first-order valence-electron chi connectivity index (χ1n) is 25.4. The van der Waals surface area contributed by atoms with E-state index in [9.17, 15) is 40.9 Å². The van der Waals surface area contributed by atoms with E-state index in [1.165, 1.54) is 0 Å². The van der Waals surface area contributed by atoms with Crippen molar-refractivity contribution < 1.29 is 130 Å². The van der Waals surface area contributed by atoms with Gasteiger partial charge in [-0.3, -0.25) is 0 Å². The number of halogens is 16. The molecule has 3 aliphatic rings. The van der Waals surface area contributed by atoms with Crippen molar-refractivity contribution in [3.05, 3.63) is 139 Å². The van der Waals surface area contributed by atoms with Crippen molar-refractivity contribution >= 4 is 35.3 Å². The lowest BCUT2D eigenvalue weighted by Gasteiger charge is -2.16. The van der Waals surface area contributed by atoms with Gasteiger partial charge in [-0.2, -0.15) is 35.1 Å². The predicted molar refractivity (Wildman–Crippen MR) is 273 cm³/mol. The SMILES string of the molecule is OCC(O)COc1c(F)c(F)c(-c2c3nc(c(-c4c(F)c(F)c(OCC(O)CO)c(F)c4F)c4ccc([nH]4)c(-c4c(F)c(F)c(OCC(O)CO)c(F)c4F)c4nc(c(-c5c(F)c(F)c(OCC(O)CO)c(F)c5F)c5[nH]c2CC5)C=C4)C=C3)c(F)c1F. The minimum absolute atomic E-state index is 0.680. The molecule has 0 saturated heterocycles. The fourth-order valence-electron chi connectivity index (χ4n) is 9.33. The molecule has 2 aromatic heterocycles. The van der Waals surface area contributed by atoms with Crippen LogP contribution >= 0.6 is 0 Å². The molecule has 5 heterocycles. The predicted octanol–water partition coefficient (Wildman–Crippen LogP) is 7.98. The molecule has 8 bridgehead atoms. The van der Waals surface area contributed by atoms with Crippen LogP contribution in [0.15, 0.2) is 12.1 Å². The molecule has 0 aliphatic carbocycles. The monoisotopic (exact) mass is 1260 g/mol. The van der Waals surface area contributed by atoms with Crippen molar-refractivity contribution in [1.82, 2.24) is 19.9 Å². The molecule has 4 aromatic carbocycles. The minimum Gasteiger partial charge on any atom is -0.485 e. The molecule has 0 saturated carbocycles. The highest BCUT2D eigenvalue weighted by Gasteiger charge is 2.38. The third-order valence-electron chi connectivity index (χ3n) is 13.5. The van der Waals surface area contributed by atoms with Crippen LogP contribution in [0.5, 0.6) is 23.0 Å². The van der Waals surface area contributed by atoms with Crippen LogP contribution in [0.3, 0.4) is 0 Å². The van der Waals surface area contributed by atoms with E-state index in [0.717, 1.165) is 0 Å². The number of hydrogen-bond donors (Lipinski definition) is 10. The zero-order valence-corrected chi connectivity index (χ0v) is 44.0. The third-order valence-corrected chi connectivity index (χ3v) is 13.5. The van der Waals surface area contributed by atoms with Crippen LogP contribution in [-0.4, -0.2) is 138 Å². The second-order valence-corrected chi connectivity index (χ2v) is 19.2. The van der Waals surface area contributed by atoms with Gasteiger partial charge in [0.2, 0.25) is 46.5 Å². The molecular weight excluding hydrogens is 1220 g/mol.